The van der Waals surface area contributed by atoms with Crippen LogP contribution >= 0.6 is 11.6 Å². The lowest BCUT2D eigenvalue weighted by Crippen LogP contribution is -2.36. The second-order valence-corrected chi connectivity index (χ2v) is 4.80. The fourth-order valence-electron chi connectivity index (χ4n) is 1.93. The molecule has 0 spiro atoms. The molecule has 1 heterocycles. The maximum atomic E-state index is 5.93. The van der Waals surface area contributed by atoms with Crippen molar-refractivity contribution in [3.63, 3.8) is 0 Å². The number of nitrogens with one attached hydrogen (secondary N) is 1. The first-order valence-corrected chi connectivity index (χ1v) is 6.78. The van der Waals surface area contributed by atoms with Crippen LogP contribution in [0, 0.1) is 0 Å². The molecule has 0 fully saturated rings. The summed E-state index contributed by atoms with van der Waals surface area (Å²) in [5, 5.41) is 4.09. The standard InChI is InChI=1S/C15H18ClNO2/c1-2-17-14(8-12-6-7-18-10-12)11-19-15-5-3-4-13(16)9-15/h3-7,9-10,14,17H,2,8,11H2,1H3. The topological polar surface area (TPSA) is 34.4 Å². The molecule has 1 N–H and O–H groups in total. The molecule has 0 aliphatic heterocycles. The molecule has 1 aromatic carbocycles. The van der Waals surface area contributed by atoms with Crippen molar-refractivity contribution in [2.24, 2.45) is 0 Å². The molecular weight excluding hydrogens is 262 g/mol. The molecule has 1 atom stereocenters. The van der Waals surface area contributed by atoms with Gasteiger partial charge < -0.3 is 14.5 Å². The van der Waals surface area contributed by atoms with Crippen molar-refractivity contribution in [1.29, 1.82) is 0 Å². The maximum absolute atomic E-state index is 5.93. The van der Waals surface area contributed by atoms with Gasteiger partial charge in [-0.15, -0.1) is 0 Å². The van der Waals surface area contributed by atoms with Crippen molar-refractivity contribution in [2.45, 2.75) is 19.4 Å². The van der Waals surface area contributed by atoms with Crippen LogP contribution in [0.25, 0.3) is 0 Å². The van der Waals surface area contributed by atoms with Crippen LogP contribution in [0.2, 0.25) is 5.02 Å². The van der Waals surface area contributed by atoms with E-state index in [-0.39, 0.29) is 6.04 Å². The number of furan rings is 1. The number of hydrogen-bond acceptors (Lipinski definition) is 3. The van der Waals surface area contributed by atoms with Crippen LogP contribution in [-0.4, -0.2) is 19.2 Å². The Morgan fingerprint density at radius 3 is 2.95 bits per heavy atom. The minimum absolute atomic E-state index is 0.251. The molecule has 0 aliphatic rings. The molecule has 1 unspecified atom stereocenters. The molecule has 19 heavy (non-hydrogen) atoms. The van der Waals surface area contributed by atoms with Crippen molar-refractivity contribution in [2.75, 3.05) is 13.2 Å². The zero-order valence-corrected chi connectivity index (χ0v) is 11.7. The van der Waals surface area contributed by atoms with E-state index >= 15 is 0 Å². The van der Waals surface area contributed by atoms with Gasteiger partial charge in [0.1, 0.15) is 12.4 Å². The van der Waals surface area contributed by atoms with E-state index < -0.39 is 0 Å². The summed E-state index contributed by atoms with van der Waals surface area (Å²) < 4.78 is 10.9. The molecule has 2 aromatic rings. The van der Waals surface area contributed by atoms with E-state index in [0.717, 1.165) is 18.7 Å². The van der Waals surface area contributed by atoms with Gasteiger partial charge in [0, 0.05) is 11.1 Å². The van der Waals surface area contributed by atoms with E-state index in [2.05, 4.69) is 12.2 Å². The molecule has 0 amide bonds. The molecule has 4 heteroatoms. The third-order valence-corrected chi connectivity index (χ3v) is 3.04. The van der Waals surface area contributed by atoms with Crippen molar-refractivity contribution in [3.8, 4) is 5.75 Å². The number of rotatable bonds is 7. The lowest BCUT2D eigenvalue weighted by atomic mass is 10.1. The summed E-state index contributed by atoms with van der Waals surface area (Å²) in [7, 11) is 0. The maximum Gasteiger partial charge on any atom is 0.120 e. The molecule has 0 saturated carbocycles. The Hall–Kier alpha value is -1.45. The molecule has 1 aromatic heterocycles. The van der Waals surface area contributed by atoms with Crippen LogP contribution in [0.4, 0.5) is 0 Å². The van der Waals surface area contributed by atoms with Gasteiger partial charge in [0.15, 0.2) is 0 Å². The Morgan fingerprint density at radius 2 is 2.26 bits per heavy atom. The van der Waals surface area contributed by atoms with Crippen LogP contribution in [0.1, 0.15) is 12.5 Å². The zero-order chi connectivity index (χ0) is 13.5. The summed E-state index contributed by atoms with van der Waals surface area (Å²) in [6.07, 6.45) is 4.34. The summed E-state index contributed by atoms with van der Waals surface area (Å²) in [5.41, 5.74) is 1.17. The molecule has 0 saturated heterocycles. The number of likely N-dealkylation sites (N-methyl/N-ethyl adjacent to an activating group) is 1. The first kappa shape index (κ1) is 14.0. The van der Waals surface area contributed by atoms with Gasteiger partial charge in [0.25, 0.3) is 0 Å². The minimum Gasteiger partial charge on any atom is -0.492 e. The smallest absolute Gasteiger partial charge is 0.120 e. The van der Waals surface area contributed by atoms with Gasteiger partial charge in [-0.05, 0) is 42.8 Å². The molecule has 102 valence electrons. The van der Waals surface area contributed by atoms with Crippen molar-refractivity contribution >= 4 is 11.6 Å². The third kappa shape index (κ3) is 4.62. The van der Waals surface area contributed by atoms with Crippen molar-refractivity contribution in [3.05, 3.63) is 53.4 Å². The lowest BCUT2D eigenvalue weighted by Gasteiger charge is -2.18. The van der Waals surface area contributed by atoms with Gasteiger partial charge in [-0.3, -0.25) is 0 Å². The van der Waals surface area contributed by atoms with E-state index in [1.165, 1.54) is 5.56 Å². The highest BCUT2D eigenvalue weighted by molar-refractivity contribution is 6.30. The highest BCUT2D eigenvalue weighted by Gasteiger charge is 2.10. The third-order valence-electron chi connectivity index (χ3n) is 2.80. The number of halogens is 1. The fourth-order valence-corrected chi connectivity index (χ4v) is 2.11. The van der Waals surface area contributed by atoms with E-state index in [4.69, 9.17) is 20.8 Å². The molecule has 0 aliphatic carbocycles. The highest BCUT2D eigenvalue weighted by Crippen LogP contribution is 2.17. The summed E-state index contributed by atoms with van der Waals surface area (Å²) >= 11 is 5.93. The Morgan fingerprint density at radius 1 is 1.37 bits per heavy atom. The molecule has 3 nitrogen and oxygen atoms in total. The van der Waals surface area contributed by atoms with E-state index in [9.17, 15) is 0 Å². The molecule has 2 rings (SSSR count). The van der Waals surface area contributed by atoms with E-state index in [0.29, 0.717) is 11.6 Å². The molecular formula is C15H18ClNO2. The Balaban J connectivity index is 1.89. The number of ether oxygens (including phenoxy) is 1. The van der Waals surface area contributed by atoms with Crippen LogP contribution in [0.3, 0.4) is 0 Å². The Bertz CT molecular complexity index is 485. The Labute approximate surface area is 118 Å². The largest absolute Gasteiger partial charge is 0.492 e. The quantitative estimate of drug-likeness (QED) is 0.842. The second kappa shape index (κ2) is 7.22. The monoisotopic (exact) mass is 279 g/mol. The predicted molar refractivity (Wildman–Crippen MR) is 76.8 cm³/mol. The van der Waals surface area contributed by atoms with E-state index in [1.54, 1.807) is 12.5 Å². The predicted octanol–water partition coefficient (Wildman–Crippen LogP) is 3.53. The van der Waals surface area contributed by atoms with Gasteiger partial charge in [0.2, 0.25) is 0 Å². The van der Waals surface area contributed by atoms with Crippen molar-refractivity contribution < 1.29 is 9.15 Å². The highest BCUT2D eigenvalue weighted by atomic mass is 35.5. The van der Waals surface area contributed by atoms with Gasteiger partial charge in [-0.1, -0.05) is 24.6 Å². The fraction of sp³-hybridized carbons (Fsp3) is 0.333. The summed E-state index contributed by atoms with van der Waals surface area (Å²) in [6, 6.07) is 9.68. The van der Waals surface area contributed by atoms with Crippen LogP contribution in [0.5, 0.6) is 5.75 Å². The van der Waals surface area contributed by atoms with E-state index in [1.807, 2.05) is 30.3 Å². The summed E-state index contributed by atoms with van der Waals surface area (Å²) in [4.78, 5) is 0. The van der Waals surface area contributed by atoms with Crippen LogP contribution < -0.4 is 10.1 Å². The minimum atomic E-state index is 0.251. The van der Waals surface area contributed by atoms with Gasteiger partial charge in [0.05, 0.1) is 12.5 Å². The van der Waals surface area contributed by atoms with Gasteiger partial charge >= 0.3 is 0 Å². The summed E-state index contributed by atoms with van der Waals surface area (Å²) in [6.45, 7) is 3.59. The first-order chi connectivity index (χ1) is 9.28. The van der Waals surface area contributed by atoms with Crippen LogP contribution in [0.15, 0.2) is 47.3 Å². The average Bonchev–Trinajstić information content (AvgIpc) is 2.89. The van der Waals surface area contributed by atoms with Crippen molar-refractivity contribution in [1.82, 2.24) is 5.32 Å². The number of benzene rings is 1. The van der Waals surface area contributed by atoms with Crippen LogP contribution in [-0.2, 0) is 6.42 Å². The normalized spacial score (nSPS) is 12.3. The summed E-state index contributed by atoms with van der Waals surface area (Å²) in [5.74, 6) is 0.794. The average molecular weight is 280 g/mol. The molecule has 0 bridgehead atoms. The SMILES string of the molecule is CCNC(COc1cccc(Cl)c1)Cc1ccoc1. The number of hydrogen-bond donors (Lipinski definition) is 1. The Kier molecular flexibility index (Phi) is 5.31. The molecule has 0 radical (unpaired) electrons. The lowest BCUT2D eigenvalue weighted by molar-refractivity contribution is 0.264. The first-order valence-electron chi connectivity index (χ1n) is 6.40. The zero-order valence-electron chi connectivity index (χ0n) is 10.9. The van der Waals surface area contributed by atoms with Gasteiger partial charge in [-0.25, -0.2) is 0 Å². The second-order valence-electron chi connectivity index (χ2n) is 4.36. The van der Waals surface area contributed by atoms with Gasteiger partial charge in [-0.2, -0.15) is 0 Å².